The Bertz CT molecular complexity index is 484. The second kappa shape index (κ2) is 5.01. The van der Waals surface area contributed by atoms with Crippen LogP contribution in [0.3, 0.4) is 0 Å². The molecule has 2 heterocycles. The highest BCUT2D eigenvalue weighted by Crippen LogP contribution is 2.35. The smallest absolute Gasteiger partial charge is 0.260 e. The average Bonchev–Trinajstić information content (AvgIpc) is 2.76. The van der Waals surface area contributed by atoms with Crippen molar-refractivity contribution in [3.63, 3.8) is 0 Å². The van der Waals surface area contributed by atoms with E-state index in [0.29, 0.717) is 21.4 Å². The van der Waals surface area contributed by atoms with Crippen molar-refractivity contribution in [1.82, 2.24) is 15.2 Å². The van der Waals surface area contributed by atoms with Crippen LogP contribution in [0.1, 0.15) is 10.7 Å². The van der Waals surface area contributed by atoms with Gasteiger partial charge in [0, 0.05) is 11.9 Å². The minimum absolute atomic E-state index is 0.294. The molecule has 0 N–H and O–H groups in total. The predicted molar refractivity (Wildman–Crippen MR) is 58.7 cm³/mol. The molecule has 0 unspecified atom stereocenters. The maximum absolute atomic E-state index is 12.3. The molecule has 0 spiro atoms. The molecule has 8 heteroatoms. The molecular formula is C9H6F3N3S2. The quantitative estimate of drug-likeness (QED) is 0.807. The Morgan fingerprint density at radius 1 is 1.24 bits per heavy atom. The lowest BCUT2D eigenvalue weighted by Gasteiger charge is -1.98. The predicted octanol–water partition coefficient (Wildman–Crippen LogP) is 3.24. The van der Waals surface area contributed by atoms with E-state index in [0.717, 1.165) is 5.69 Å². The van der Waals surface area contributed by atoms with E-state index < -0.39 is 11.2 Å². The molecule has 2 aromatic heterocycles. The van der Waals surface area contributed by atoms with Crippen molar-refractivity contribution in [2.24, 2.45) is 0 Å². The summed E-state index contributed by atoms with van der Waals surface area (Å²) in [6.45, 7) is 0. The molecule has 2 rings (SSSR count). The zero-order chi connectivity index (χ0) is 12.3. The molecule has 0 aliphatic carbocycles. The number of rotatable bonds is 3. The second-order valence-electron chi connectivity index (χ2n) is 2.98. The van der Waals surface area contributed by atoms with Gasteiger partial charge in [-0.1, -0.05) is 29.2 Å². The van der Waals surface area contributed by atoms with Gasteiger partial charge in [0.25, 0.3) is 0 Å². The molecule has 0 atom stereocenters. The van der Waals surface area contributed by atoms with Crippen LogP contribution in [0.2, 0.25) is 0 Å². The fraction of sp³-hybridized carbons (Fsp3) is 0.222. The van der Waals surface area contributed by atoms with Crippen molar-refractivity contribution in [3.05, 3.63) is 35.1 Å². The minimum atomic E-state index is -4.42. The normalized spacial score (nSPS) is 11.7. The third kappa shape index (κ3) is 3.40. The first kappa shape index (κ1) is 12.3. The van der Waals surface area contributed by atoms with Crippen LogP contribution < -0.4 is 0 Å². The lowest BCUT2D eigenvalue weighted by atomic mass is 10.4. The Labute approximate surface area is 103 Å². The van der Waals surface area contributed by atoms with Crippen molar-refractivity contribution in [3.8, 4) is 0 Å². The number of hydrogen-bond acceptors (Lipinski definition) is 5. The number of halogens is 3. The van der Waals surface area contributed by atoms with Gasteiger partial charge in [0.05, 0.1) is 5.69 Å². The first-order chi connectivity index (χ1) is 8.05. The molecule has 0 saturated carbocycles. The van der Waals surface area contributed by atoms with Gasteiger partial charge < -0.3 is 0 Å². The van der Waals surface area contributed by atoms with Gasteiger partial charge in [0.15, 0.2) is 4.34 Å². The summed E-state index contributed by atoms with van der Waals surface area (Å²) in [5, 5.41) is 5.67. The topological polar surface area (TPSA) is 38.7 Å². The number of nitrogens with zero attached hydrogens (tertiary/aromatic N) is 3. The van der Waals surface area contributed by atoms with E-state index in [1.54, 1.807) is 18.3 Å². The summed E-state index contributed by atoms with van der Waals surface area (Å²) in [6, 6.07) is 5.41. The van der Waals surface area contributed by atoms with Gasteiger partial charge in [-0.15, -0.1) is 10.2 Å². The minimum Gasteiger partial charge on any atom is -0.260 e. The average molecular weight is 277 g/mol. The van der Waals surface area contributed by atoms with E-state index in [1.165, 1.54) is 11.8 Å². The van der Waals surface area contributed by atoms with Crippen molar-refractivity contribution >= 4 is 23.1 Å². The molecular weight excluding hydrogens is 271 g/mol. The van der Waals surface area contributed by atoms with Crippen LogP contribution in [0.4, 0.5) is 13.2 Å². The van der Waals surface area contributed by atoms with Gasteiger partial charge in [-0.3, -0.25) is 4.98 Å². The van der Waals surface area contributed by atoms with Crippen molar-refractivity contribution < 1.29 is 13.2 Å². The molecule has 17 heavy (non-hydrogen) atoms. The van der Waals surface area contributed by atoms with Crippen molar-refractivity contribution in [1.29, 1.82) is 0 Å². The van der Waals surface area contributed by atoms with Gasteiger partial charge in [-0.25, -0.2) is 0 Å². The summed E-state index contributed by atoms with van der Waals surface area (Å²) in [6.07, 6.45) is -2.78. The van der Waals surface area contributed by atoms with E-state index in [4.69, 9.17) is 0 Å². The first-order valence-corrected chi connectivity index (χ1v) is 6.29. The molecule has 90 valence electrons. The Morgan fingerprint density at radius 3 is 2.65 bits per heavy atom. The molecule has 3 nitrogen and oxygen atoms in total. The first-order valence-electron chi connectivity index (χ1n) is 4.49. The number of alkyl halides is 3. The molecule has 2 aromatic rings. The second-order valence-corrected chi connectivity index (χ2v) is 5.18. The maximum atomic E-state index is 12.3. The van der Waals surface area contributed by atoms with Crippen molar-refractivity contribution in [2.75, 3.05) is 0 Å². The van der Waals surface area contributed by atoms with Gasteiger partial charge in [0.1, 0.15) is 0 Å². The lowest BCUT2D eigenvalue weighted by Crippen LogP contribution is -2.03. The molecule has 0 aliphatic rings. The third-order valence-electron chi connectivity index (χ3n) is 1.72. The molecule has 0 saturated heterocycles. The Kier molecular flexibility index (Phi) is 3.63. The van der Waals surface area contributed by atoms with Crippen molar-refractivity contribution in [2.45, 2.75) is 16.3 Å². The fourth-order valence-electron chi connectivity index (χ4n) is 1.00. The molecule has 0 fully saturated rings. The van der Waals surface area contributed by atoms with Gasteiger partial charge in [-0.2, -0.15) is 13.2 Å². The summed E-state index contributed by atoms with van der Waals surface area (Å²) in [4.78, 5) is 4.06. The SMILES string of the molecule is FC(F)(F)c1nnc(SCc2ccccn2)s1. The zero-order valence-corrected chi connectivity index (χ0v) is 9.94. The zero-order valence-electron chi connectivity index (χ0n) is 8.31. The van der Waals surface area contributed by atoms with E-state index in [-0.39, 0.29) is 0 Å². The molecule has 0 aromatic carbocycles. The van der Waals surface area contributed by atoms with E-state index in [9.17, 15) is 13.2 Å². The summed E-state index contributed by atoms with van der Waals surface area (Å²) in [5.41, 5.74) is 0.793. The molecule has 0 radical (unpaired) electrons. The summed E-state index contributed by atoms with van der Waals surface area (Å²) in [7, 11) is 0. The summed E-state index contributed by atoms with van der Waals surface area (Å²) >= 11 is 1.74. The van der Waals surface area contributed by atoms with Crippen LogP contribution >= 0.6 is 23.1 Å². The van der Waals surface area contributed by atoms with Gasteiger partial charge in [0.2, 0.25) is 5.01 Å². The number of thioether (sulfide) groups is 1. The van der Waals surface area contributed by atoms with Gasteiger partial charge >= 0.3 is 6.18 Å². The third-order valence-corrected chi connectivity index (χ3v) is 3.85. The molecule has 0 amide bonds. The van der Waals surface area contributed by atoms with E-state index in [2.05, 4.69) is 15.2 Å². The number of pyridine rings is 1. The van der Waals surface area contributed by atoms with E-state index >= 15 is 0 Å². The highest BCUT2D eigenvalue weighted by atomic mass is 32.2. The Balaban J connectivity index is 1.99. The van der Waals surface area contributed by atoms with Crippen LogP contribution in [-0.4, -0.2) is 15.2 Å². The van der Waals surface area contributed by atoms with Crippen LogP contribution in [0.15, 0.2) is 28.7 Å². The summed E-state index contributed by atoms with van der Waals surface area (Å²) < 4.78 is 37.0. The van der Waals surface area contributed by atoms with Crippen LogP contribution in [-0.2, 0) is 11.9 Å². The Morgan fingerprint density at radius 2 is 2.06 bits per heavy atom. The summed E-state index contributed by atoms with van der Waals surface area (Å²) in [5.74, 6) is 0.479. The standard InChI is InChI=1S/C9H6F3N3S2/c10-9(11,12)7-14-15-8(17-7)16-5-6-3-1-2-4-13-6/h1-4H,5H2. The van der Waals surface area contributed by atoms with Crippen LogP contribution in [0, 0.1) is 0 Å². The number of aromatic nitrogens is 3. The van der Waals surface area contributed by atoms with Crippen LogP contribution in [0.25, 0.3) is 0 Å². The van der Waals surface area contributed by atoms with E-state index in [1.807, 2.05) is 6.07 Å². The monoisotopic (exact) mass is 277 g/mol. The maximum Gasteiger partial charge on any atom is 0.445 e. The molecule has 0 aliphatic heterocycles. The van der Waals surface area contributed by atoms with Crippen LogP contribution in [0.5, 0.6) is 0 Å². The largest absolute Gasteiger partial charge is 0.445 e. The Hall–Kier alpha value is -1.15. The van der Waals surface area contributed by atoms with Gasteiger partial charge in [-0.05, 0) is 12.1 Å². The fourth-order valence-corrected chi connectivity index (χ4v) is 2.64. The highest BCUT2D eigenvalue weighted by Gasteiger charge is 2.35. The molecule has 0 bridgehead atoms. The number of hydrogen-bond donors (Lipinski definition) is 0. The lowest BCUT2D eigenvalue weighted by molar-refractivity contribution is -0.138. The highest BCUT2D eigenvalue weighted by molar-refractivity contribution is 8.00.